The Labute approximate surface area is 144 Å². The van der Waals surface area contributed by atoms with E-state index in [-0.39, 0.29) is 11.6 Å². The van der Waals surface area contributed by atoms with Crippen LogP contribution in [0.4, 0.5) is 5.82 Å². The molecule has 2 aliphatic rings. The van der Waals surface area contributed by atoms with E-state index in [9.17, 15) is 9.59 Å². The van der Waals surface area contributed by atoms with Crippen LogP contribution in [0, 0.1) is 5.92 Å². The summed E-state index contributed by atoms with van der Waals surface area (Å²) in [6, 6.07) is 3.62. The van der Waals surface area contributed by atoms with Crippen LogP contribution in [0.5, 0.6) is 5.88 Å². The summed E-state index contributed by atoms with van der Waals surface area (Å²) in [5.74, 6) is 1.60. The molecule has 0 radical (unpaired) electrons. The number of nitrogens with zero attached hydrogens (tertiary/aromatic N) is 3. The van der Waals surface area contributed by atoms with Crippen molar-refractivity contribution in [2.24, 2.45) is 10.9 Å². The number of ether oxygens (including phenoxy) is 1. The Bertz CT molecular complexity index is 967. The van der Waals surface area contributed by atoms with Crippen molar-refractivity contribution in [2.75, 3.05) is 6.61 Å². The summed E-state index contributed by atoms with van der Waals surface area (Å²) >= 11 is 0. The van der Waals surface area contributed by atoms with Crippen LogP contribution in [0.1, 0.15) is 43.9 Å². The van der Waals surface area contributed by atoms with E-state index in [1.807, 2.05) is 26.0 Å². The molecule has 4 rings (SSSR count). The average molecular weight is 340 g/mol. The van der Waals surface area contributed by atoms with Gasteiger partial charge in [0.1, 0.15) is 5.82 Å². The standard InChI is InChI=1S/C18H20N4O3/c1-10(2)22-15-13(16(23)21-18(22)24)8-14(20-15)12-4-3-7-19-17(12)25-9-11-5-6-11/h3-4,7,10-11H,5-6,8-9H2,1-2H3,(H,21,23,24). The number of aromatic amines is 1. The van der Waals surface area contributed by atoms with E-state index in [1.54, 1.807) is 6.20 Å². The van der Waals surface area contributed by atoms with E-state index in [1.165, 1.54) is 17.4 Å². The molecule has 7 nitrogen and oxygen atoms in total. The molecule has 0 amide bonds. The molecule has 1 aliphatic carbocycles. The molecule has 0 saturated heterocycles. The van der Waals surface area contributed by atoms with E-state index in [0.29, 0.717) is 41.9 Å². The van der Waals surface area contributed by atoms with Crippen molar-refractivity contribution >= 4 is 11.5 Å². The van der Waals surface area contributed by atoms with Gasteiger partial charge in [-0.3, -0.25) is 14.3 Å². The molecular weight excluding hydrogens is 320 g/mol. The molecular formula is C18H20N4O3. The molecule has 2 aromatic heterocycles. The molecule has 0 bridgehead atoms. The third-order valence-corrected chi connectivity index (χ3v) is 4.55. The number of hydrogen-bond acceptors (Lipinski definition) is 5. The summed E-state index contributed by atoms with van der Waals surface area (Å²) in [5, 5.41) is 0. The summed E-state index contributed by atoms with van der Waals surface area (Å²) in [6.45, 7) is 4.44. The topological polar surface area (TPSA) is 89.3 Å². The summed E-state index contributed by atoms with van der Waals surface area (Å²) < 4.78 is 7.38. The fourth-order valence-electron chi connectivity index (χ4n) is 3.03. The van der Waals surface area contributed by atoms with Gasteiger partial charge in [0.25, 0.3) is 5.56 Å². The number of hydrogen-bond donors (Lipinski definition) is 1. The second kappa shape index (κ2) is 5.98. The number of fused-ring (bicyclic) bond motifs is 1. The van der Waals surface area contributed by atoms with Crippen molar-refractivity contribution < 1.29 is 4.74 Å². The van der Waals surface area contributed by atoms with Crippen LogP contribution in [-0.4, -0.2) is 26.9 Å². The zero-order valence-electron chi connectivity index (χ0n) is 14.3. The lowest BCUT2D eigenvalue weighted by Gasteiger charge is -2.12. The smallest absolute Gasteiger partial charge is 0.330 e. The van der Waals surface area contributed by atoms with Crippen LogP contribution in [0.3, 0.4) is 0 Å². The lowest BCUT2D eigenvalue weighted by Crippen LogP contribution is -2.32. The van der Waals surface area contributed by atoms with Crippen molar-refractivity contribution in [3.8, 4) is 5.88 Å². The van der Waals surface area contributed by atoms with Gasteiger partial charge in [-0.25, -0.2) is 14.8 Å². The van der Waals surface area contributed by atoms with Gasteiger partial charge < -0.3 is 4.74 Å². The molecule has 1 N–H and O–H groups in total. The Morgan fingerprint density at radius 2 is 2.16 bits per heavy atom. The monoisotopic (exact) mass is 340 g/mol. The molecule has 0 spiro atoms. The van der Waals surface area contributed by atoms with Gasteiger partial charge >= 0.3 is 5.69 Å². The summed E-state index contributed by atoms with van der Waals surface area (Å²) in [7, 11) is 0. The normalized spacial score (nSPS) is 16.0. The zero-order valence-corrected chi connectivity index (χ0v) is 14.3. The van der Waals surface area contributed by atoms with Crippen molar-refractivity contribution in [3.63, 3.8) is 0 Å². The minimum atomic E-state index is -0.430. The summed E-state index contributed by atoms with van der Waals surface area (Å²) in [5.41, 5.74) is 1.20. The highest BCUT2D eigenvalue weighted by molar-refractivity contribution is 6.07. The lowest BCUT2D eigenvalue weighted by molar-refractivity contribution is 0.288. The fraction of sp³-hybridized carbons (Fsp3) is 0.444. The number of H-pyrrole nitrogens is 1. The Balaban J connectivity index is 1.75. The van der Waals surface area contributed by atoms with Crippen molar-refractivity contribution in [3.05, 3.63) is 50.3 Å². The minimum Gasteiger partial charge on any atom is -0.477 e. The van der Waals surface area contributed by atoms with Gasteiger partial charge in [0.2, 0.25) is 5.88 Å². The Morgan fingerprint density at radius 1 is 1.36 bits per heavy atom. The minimum absolute atomic E-state index is 0.0966. The van der Waals surface area contributed by atoms with E-state index >= 15 is 0 Å². The summed E-state index contributed by atoms with van der Waals surface area (Å²) in [6.07, 6.45) is 4.45. The van der Waals surface area contributed by atoms with E-state index in [0.717, 1.165) is 5.56 Å². The maximum Gasteiger partial charge on any atom is 0.330 e. The second-order valence-corrected chi connectivity index (χ2v) is 6.87. The highest BCUT2D eigenvalue weighted by Gasteiger charge is 2.27. The Morgan fingerprint density at radius 3 is 2.88 bits per heavy atom. The molecule has 0 atom stereocenters. The van der Waals surface area contributed by atoms with E-state index in [4.69, 9.17) is 4.74 Å². The third-order valence-electron chi connectivity index (χ3n) is 4.55. The molecule has 1 aliphatic heterocycles. The molecule has 0 unspecified atom stereocenters. The molecule has 0 aromatic carbocycles. The van der Waals surface area contributed by atoms with Crippen molar-refractivity contribution in [2.45, 2.75) is 39.2 Å². The number of pyridine rings is 1. The van der Waals surface area contributed by atoms with Crippen LogP contribution in [0.2, 0.25) is 0 Å². The number of rotatable bonds is 5. The predicted molar refractivity (Wildman–Crippen MR) is 94.1 cm³/mol. The molecule has 1 saturated carbocycles. The van der Waals surface area contributed by atoms with Crippen LogP contribution in [0.25, 0.3) is 0 Å². The summed E-state index contributed by atoms with van der Waals surface area (Å²) in [4.78, 5) is 35.7. The Hall–Kier alpha value is -2.70. The maximum absolute atomic E-state index is 12.2. The first kappa shape index (κ1) is 15.8. The first-order valence-corrected chi connectivity index (χ1v) is 8.58. The van der Waals surface area contributed by atoms with Gasteiger partial charge in [0.05, 0.1) is 23.4 Å². The van der Waals surface area contributed by atoms with Gasteiger partial charge in [0.15, 0.2) is 0 Å². The van der Waals surface area contributed by atoms with Crippen LogP contribution in [-0.2, 0) is 6.42 Å². The zero-order chi connectivity index (χ0) is 17.6. The first-order chi connectivity index (χ1) is 12.0. The average Bonchev–Trinajstić information content (AvgIpc) is 3.30. The number of aromatic nitrogens is 3. The first-order valence-electron chi connectivity index (χ1n) is 8.58. The molecule has 25 heavy (non-hydrogen) atoms. The van der Waals surface area contributed by atoms with Gasteiger partial charge in [-0.2, -0.15) is 0 Å². The highest BCUT2D eigenvalue weighted by atomic mass is 16.5. The molecule has 2 aromatic rings. The van der Waals surface area contributed by atoms with Gasteiger partial charge in [-0.1, -0.05) is 0 Å². The van der Waals surface area contributed by atoms with Crippen LogP contribution in [0.15, 0.2) is 32.9 Å². The van der Waals surface area contributed by atoms with Gasteiger partial charge in [-0.05, 0) is 44.7 Å². The molecule has 7 heteroatoms. The third kappa shape index (κ3) is 2.90. The highest BCUT2D eigenvalue weighted by Crippen LogP contribution is 2.32. The lowest BCUT2D eigenvalue weighted by atomic mass is 10.1. The van der Waals surface area contributed by atoms with Crippen molar-refractivity contribution in [1.29, 1.82) is 0 Å². The Kier molecular flexibility index (Phi) is 3.78. The van der Waals surface area contributed by atoms with Gasteiger partial charge in [0, 0.05) is 18.7 Å². The number of aliphatic imine (C=N–C) groups is 1. The largest absolute Gasteiger partial charge is 0.477 e. The van der Waals surface area contributed by atoms with Gasteiger partial charge in [-0.15, -0.1) is 0 Å². The molecule has 3 heterocycles. The van der Waals surface area contributed by atoms with Crippen molar-refractivity contribution in [1.82, 2.24) is 14.5 Å². The van der Waals surface area contributed by atoms with Crippen LogP contribution >= 0.6 is 0 Å². The molecule has 1 fully saturated rings. The number of nitrogens with one attached hydrogen (secondary N) is 1. The fourth-order valence-corrected chi connectivity index (χ4v) is 3.03. The molecule has 130 valence electrons. The van der Waals surface area contributed by atoms with Crippen LogP contribution < -0.4 is 16.0 Å². The SMILES string of the molecule is CC(C)n1c2c(c(=O)[nH]c1=O)CC(c1cccnc1OCC1CC1)=N2. The quantitative estimate of drug-likeness (QED) is 0.901. The van der Waals surface area contributed by atoms with E-state index in [2.05, 4.69) is 15.0 Å². The predicted octanol–water partition coefficient (Wildman–Crippen LogP) is 1.98. The second-order valence-electron chi connectivity index (χ2n) is 6.87. The maximum atomic E-state index is 12.2. The van der Waals surface area contributed by atoms with E-state index < -0.39 is 5.69 Å².